The summed E-state index contributed by atoms with van der Waals surface area (Å²) in [6.45, 7) is 2.24. The van der Waals surface area contributed by atoms with Gasteiger partial charge in [0.05, 0.1) is 37.2 Å². The number of sulfonamides is 1. The Morgan fingerprint density at radius 2 is 1.82 bits per heavy atom. The van der Waals surface area contributed by atoms with Gasteiger partial charge in [0.1, 0.15) is 5.75 Å². The van der Waals surface area contributed by atoms with Crippen molar-refractivity contribution in [3.05, 3.63) is 40.4 Å². The number of rotatable bonds is 8. The highest BCUT2D eigenvalue weighted by atomic mass is 79.9. The third kappa shape index (κ3) is 5.52. The van der Waals surface area contributed by atoms with Gasteiger partial charge in [-0.3, -0.25) is 9.52 Å². The molecule has 0 spiro atoms. The minimum atomic E-state index is -3.51. The van der Waals surface area contributed by atoms with Crippen molar-refractivity contribution in [1.29, 1.82) is 0 Å². The highest BCUT2D eigenvalue weighted by molar-refractivity contribution is 9.10. The predicted molar refractivity (Wildman–Crippen MR) is 111 cm³/mol. The molecule has 0 heterocycles. The Balaban J connectivity index is 2.33. The summed E-state index contributed by atoms with van der Waals surface area (Å²) < 4.78 is 42.0. The van der Waals surface area contributed by atoms with Crippen LogP contribution in [0, 0.1) is 0 Å². The van der Waals surface area contributed by atoms with Crippen LogP contribution in [-0.4, -0.2) is 41.4 Å². The molecule has 0 aliphatic carbocycles. The maximum absolute atomic E-state index is 12.7. The molecule has 2 rings (SSSR count). The molecular weight excluding hydrogens is 452 g/mol. The average Bonchev–Trinajstić information content (AvgIpc) is 2.60. The van der Waals surface area contributed by atoms with Gasteiger partial charge in [-0.1, -0.05) is 0 Å². The number of benzene rings is 2. The number of ether oxygens (including phenoxy) is 3. The number of carbonyl (C=O) groups is 1. The molecule has 2 N–H and O–H groups in total. The topological polar surface area (TPSA) is 103 Å². The van der Waals surface area contributed by atoms with Crippen LogP contribution in [0.1, 0.15) is 17.3 Å². The zero-order chi connectivity index (χ0) is 20.9. The molecule has 0 aliphatic heterocycles. The summed E-state index contributed by atoms with van der Waals surface area (Å²) in [5.74, 6) is 0.843. The quantitative estimate of drug-likeness (QED) is 0.609. The molecule has 8 nitrogen and oxygen atoms in total. The van der Waals surface area contributed by atoms with E-state index in [1.807, 2.05) is 6.92 Å². The summed E-state index contributed by atoms with van der Waals surface area (Å²) in [6.07, 6.45) is 1.03. The average molecular weight is 473 g/mol. The van der Waals surface area contributed by atoms with Crippen LogP contribution in [-0.2, 0) is 10.0 Å². The van der Waals surface area contributed by atoms with Gasteiger partial charge in [0.2, 0.25) is 10.0 Å². The highest BCUT2D eigenvalue weighted by Crippen LogP contribution is 2.37. The van der Waals surface area contributed by atoms with Crippen molar-refractivity contribution >= 4 is 43.2 Å². The van der Waals surface area contributed by atoms with Crippen molar-refractivity contribution in [2.45, 2.75) is 6.92 Å². The highest BCUT2D eigenvalue weighted by Gasteiger charge is 2.16. The summed E-state index contributed by atoms with van der Waals surface area (Å²) in [5.41, 5.74) is 0.945. The van der Waals surface area contributed by atoms with Crippen molar-refractivity contribution in [2.24, 2.45) is 0 Å². The number of methoxy groups -OCH3 is 2. The molecule has 0 bridgehead atoms. The summed E-state index contributed by atoms with van der Waals surface area (Å²) >= 11 is 3.37. The fraction of sp³-hybridized carbons (Fsp3) is 0.278. The Bertz CT molecular complexity index is 978. The first-order valence-corrected chi connectivity index (χ1v) is 10.8. The zero-order valence-corrected chi connectivity index (χ0v) is 18.2. The Morgan fingerprint density at radius 1 is 1.11 bits per heavy atom. The summed E-state index contributed by atoms with van der Waals surface area (Å²) in [4.78, 5) is 12.7. The fourth-order valence-electron chi connectivity index (χ4n) is 2.43. The molecule has 2 aromatic carbocycles. The molecular formula is C18H21BrN2O6S. The van der Waals surface area contributed by atoms with Crippen LogP contribution in [0.3, 0.4) is 0 Å². The molecule has 0 atom stereocenters. The van der Waals surface area contributed by atoms with Gasteiger partial charge < -0.3 is 19.5 Å². The van der Waals surface area contributed by atoms with Crippen molar-refractivity contribution in [3.63, 3.8) is 0 Å². The van der Waals surface area contributed by atoms with E-state index in [-0.39, 0.29) is 5.69 Å². The van der Waals surface area contributed by atoms with E-state index in [0.717, 1.165) is 6.26 Å². The molecule has 152 valence electrons. The largest absolute Gasteiger partial charge is 0.495 e. The lowest BCUT2D eigenvalue weighted by atomic mass is 10.1. The second-order valence-electron chi connectivity index (χ2n) is 5.67. The first-order chi connectivity index (χ1) is 13.2. The van der Waals surface area contributed by atoms with E-state index in [1.165, 1.54) is 20.3 Å². The predicted octanol–water partition coefficient (Wildman–Crippen LogP) is 3.49. The van der Waals surface area contributed by atoms with E-state index in [9.17, 15) is 13.2 Å². The van der Waals surface area contributed by atoms with E-state index in [1.54, 1.807) is 24.3 Å². The van der Waals surface area contributed by atoms with E-state index in [4.69, 9.17) is 14.2 Å². The van der Waals surface area contributed by atoms with Gasteiger partial charge in [-0.15, -0.1) is 0 Å². The van der Waals surface area contributed by atoms with Gasteiger partial charge in [0, 0.05) is 11.3 Å². The van der Waals surface area contributed by atoms with Crippen molar-refractivity contribution in [1.82, 2.24) is 0 Å². The maximum atomic E-state index is 12.7. The third-order valence-corrected chi connectivity index (χ3v) is 4.71. The Hall–Kier alpha value is -2.46. The first-order valence-electron chi connectivity index (χ1n) is 8.16. The summed E-state index contributed by atoms with van der Waals surface area (Å²) in [7, 11) is -0.580. The molecule has 10 heteroatoms. The van der Waals surface area contributed by atoms with Gasteiger partial charge in [-0.05, 0) is 53.2 Å². The Kier molecular flexibility index (Phi) is 7.14. The van der Waals surface area contributed by atoms with E-state index >= 15 is 0 Å². The molecule has 0 radical (unpaired) electrons. The molecule has 28 heavy (non-hydrogen) atoms. The van der Waals surface area contributed by atoms with E-state index in [0.29, 0.717) is 39.6 Å². The fourth-order valence-corrected chi connectivity index (χ4v) is 3.59. The number of anilines is 2. The van der Waals surface area contributed by atoms with Crippen LogP contribution >= 0.6 is 15.9 Å². The number of carbonyl (C=O) groups excluding carboxylic acids is 1. The van der Waals surface area contributed by atoms with Gasteiger partial charge >= 0.3 is 0 Å². The Morgan fingerprint density at radius 3 is 2.39 bits per heavy atom. The van der Waals surface area contributed by atoms with Crippen molar-refractivity contribution < 1.29 is 27.4 Å². The lowest BCUT2D eigenvalue weighted by Gasteiger charge is -2.14. The molecule has 0 aromatic heterocycles. The SMILES string of the molecule is CCOc1cc(C(=O)Nc2ccc(OC)c(NS(C)(=O)=O)c2)cc(Br)c1OC. The van der Waals surface area contributed by atoms with Gasteiger partial charge in [0.15, 0.2) is 11.5 Å². The van der Waals surface area contributed by atoms with Gasteiger partial charge in [-0.25, -0.2) is 8.42 Å². The van der Waals surface area contributed by atoms with E-state index in [2.05, 4.69) is 26.0 Å². The first kappa shape index (κ1) is 21.8. The second kappa shape index (κ2) is 9.16. The smallest absolute Gasteiger partial charge is 0.255 e. The number of hydrogen-bond acceptors (Lipinski definition) is 6. The van der Waals surface area contributed by atoms with E-state index < -0.39 is 15.9 Å². The monoisotopic (exact) mass is 472 g/mol. The van der Waals surface area contributed by atoms with Crippen LogP contribution in [0.15, 0.2) is 34.8 Å². The van der Waals surface area contributed by atoms with Crippen LogP contribution in [0.4, 0.5) is 11.4 Å². The van der Waals surface area contributed by atoms with Crippen LogP contribution in [0.25, 0.3) is 0 Å². The number of halogens is 1. The molecule has 0 unspecified atom stereocenters. The third-order valence-electron chi connectivity index (χ3n) is 3.53. The molecule has 0 fully saturated rings. The number of nitrogens with one attached hydrogen (secondary N) is 2. The standard InChI is InChI=1S/C18H21BrN2O6S/c1-5-27-16-9-11(8-13(19)17(16)26-3)18(22)20-12-6-7-15(25-2)14(10-12)21-28(4,23)24/h6-10,21H,5H2,1-4H3,(H,20,22). The summed E-state index contributed by atoms with van der Waals surface area (Å²) in [5, 5.41) is 2.72. The molecule has 0 aliphatic rings. The zero-order valence-electron chi connectivity index (χ0n) is 15.8. The number of hydrogen-bond donors (Lipinski definition) is 2. The number of amides is 1. The lowest BCUT2D eigenvalue weighted by Crippen LogP contribution is -2.14. The molecule has 0 saturated heterocycles. The van der Waals surface area contributed by atoms with Crippen molar-refractivity contribution in [3.8, 4) is 17.2 Å². The molecule has 1 amide bonds. The van der Waals surface area contributed by atoms with Crippen molar-refractivity contribution in [2.75, 3.05) is 37.1 Å². The normalized spacial score (nSPS) is 10.9. The van der Waals surface area contributed by atoms with Crippen LogP contribution in [0.2, 0.25) is 0 Å². The lowest BCUT2D eigenvalue weighted by molar-refractivity contribution is 0.102. The second-order valence-corrected chi connectivity index (χ2v) is 8.27. The maximum Gasteiger partial charge on any atom is 0.255 e. The Labute approximate surface area is 172 Å². The minimum absolute atomic E-state index is 0.216. The minimum Gasteiger partial charge on any atom is -0.495 e. The summed E-state index contributed by atoms with van der Waals surface area (Å²) in [6, 6.07) is 7.81. The molecule has 2 aromatic rings. The van der Waals surface area contributed by atoms with Crippen LogP contribution < -0.4 is 24.2 Å². The molecule has 0 saturated carbocycles. The van der Waals surface area contributed by atoms with Gasteiger partial charge in [0.25, 0.3) is 5.91 Å². The van der Waals surface area contributed by atoms with Crippen LogP contribution in [0.5, 0.6) is 17.2 Å². The van der Waals surface area contributed by atoms with Gasteiger partial charge in [-0.2, -0.15) is 0 Å².